The largest absolute Gasteiger partial charge is 0.373 e. The molecule has 2 aromatic rings. The van der Waals surface area contributed by atoms with Crippen LogP contribution < -0.4 is 10.2 Å². The molecule has 1 aliphatic heterocycles. The first-order valence-corrected chi connectivity index (χ1v) is 9.42. The number of pyridine rings is 1. The van der Waals surface area contributed by atoms with Crippen molar-refractivity contribution in [2.75, 3.05) is 31.1 Å². The third-order valence-electron chi connectivity index (χ3n) is 5.08. The van der Waals surface area contributed by atoms with E-state index in [9.17, 15) is 10.1 Å². The molecular weight excluding hydrogens is 386 g/mol. The van der Waals surface area contributed by atoms with Gasteiger partial charge >= 0.3 is 0 Å². The van der Waals surface area contributed by atoms with Crippen molar-refractivity contribution in [2.45, 2.75) is 20.4 Å². The standard InChI is InChI=1S/C22H25N5O.ClH/c1-17-5-3-7-21(18(17)2)27-11-9-26(10-12-27)16-20(13-23)22(28)25-15-19-6-4-8-24-14-19;/h3-8,14,16H,9-12,15H2,1-2H3,(H,25,28);1H/b20-16-;. The molecule has 1 aromatic carbocycles. The average molecular weight is 412 g/mol. The first-order valence-electron chi connectivity index (χ1n) is 9.42. The van der Waals surface area contributed by atoms with Gasteiger partial charge in [-0.15, -0.1) is 12.4 Å². The van der Waals surface area contributed by atoms with Crippen molar-refractivity contribution in [3.8, 4) is 6.07 Å². The summed E-state index contributed by atoms with van der Waals surface area (Å²) in [6.07, 6.45) is 5.06. The van der Waals surface area contributed by atoms with Gasteiger partial charge in [-0.25, -0.2) is 0 Å². The SMILES string of the molecule is Cc1cccc(N2CCN(/C=C(/C#N)C(=O)NCc3cccnc3)CC2)c1C.Cl. The first-order chi connectivity index (χ1) is 13.6. The molecule has 1 aliphatic rings. The molecule has 2 heterocycles. The molecule has 1 saturated heterocycles. The van der Waals surface area contributed by atoms with E-state index in [0.717, 1.165) is 31.7 Å². The van der Waals surface area contributed by atoms with E-state index in [1.54, 1.807) is 18.6 Å². The maximum atomic E-state index is 12.3. The molecule has 6 nitrogen and oxygen atoms in total. The van der Waals surface area contributed by atoms with Gasteiger partial charge in [0.05, 0.1) is 0 Å². The number of hydrogen-bond acceptors (Lipinski definition) is 5. The number of amides is 1. The zero-order valence-electron chi connectivity index (χ0n) is 16.8. The second kappa shape index (κ2) is 10.5. The quantitative estimate of drug-likeness (QED) is 0.605. The zero-order chi connectivity index (χ0) is 19.9. The minimum absolute atomic E-state index is 0. The summed E-state index contributed by atoms with van der Waals surface area (Å²) in [5.41, 5.74) is 4.88. The van der Waals surface area contributed by atoms with Gasteiger partial charge in [0, 0.05) is 57.0 Å². The van der Waals surface area contributed by atoms with Gasteiger partial charge in [-0.1, -0.05) is 18.2 Å². The number of nitriles is 1. The van der Waals surface area contributed by atoms with Crippen LogP contribution in [0.1, 0.15) is 16.7 Å². The third kappa shape index (κ3) is 5.72. The molecule has 1 aromatic heterocycles. The summed E-state index contributed by atoms with van der Waals surface area (Å²) in [6, 6.07) is 12.1. The number of carbonyl (C=O) groups is 1. The summed E-state index contributed by atoms with van der Waals surface area (Å²) < 4.78 is 0. The van der Waals surface area contributed by atoms with E-state index in [0.29, 0.717) is 6.54 Å². The molecule has 0 saturated carbocycles. The lowest BCUT2D eigenvalue weighted by atomic mass is 10.1. The normalized spacial score (nSPS) is 14.0. The molecule has 3 rings (SSSR count). The lowest BCUT2D eigenvalue weighted by Crippen LogP contribution is -2.44. The van der Waals surface area contributed by atoms with Gasteiger partial charge < -0.3 is 15.1 Å². The van der Waals surface area contributed by atoms with E-state index in [2.05, 4.69) is 47.2 Å². The minimum atomic E-state index is -0.358. The number of anilines is 1. The topological polar surface area (TPSA) is 72.3 Å². The Balaban J connectivity index is 0.00000300. The van der Waals surface area contributed by atoms with Gasteiger partial charge in [0.1, 0.15) is 11.6 Å². The fourth-order valence-electron chi connectivity index (χ4n) is 3.27. The minimum Gasteiger partial charge on any atom is -0.373 e. The smallest absolute Gasteiger partial charge is 0.263 e. The Hall–Kier alpha value is -3.04. The van der Waals surface area contributed by atoms with Crippen LogP contribution in [0, 0.1) is 25.2 Å². The van der Waals surface area contributed by atoms with Gasteiger partial charge in [-0.2, -0.15) is 5.26 Å². The van der Waals surface area contributed by atoms with Gasteiger partial charge in [-0.3, -0.25) is 9.78 Å². The average Bonchev–Trinajstić information content (AvgIpc) is 2.73. The van der Waals surface area contributed by atoms with Gasteiger partial charge in [0.25, 0.3) is 5.91 Å². The fourth-order valence-corrected chi connectivity index (χ4v) is 3.27. The number of rotatable bonds is 5. The van der Waals surface area contributed by atoms with Crippen LogP contribution in [0.2, 0.25) is 0 Å². The lowest BCUT2D eigenvalue weighted by Gasteiger charge is -2.36. The van der Waals surface area contributed by atoms with Gasteiger partial charge in [-0.05, 0) is 42.7 Å². The van der Waals surface area contributed by atoms with E-state index in [-0.39, 0.29) is 23.9 Å². The Kier molecular flexibility index (Phi) is 8.05. The molecule has 0 radical (unpaired) electrons. The van der Waals surface area contributed by atoms with Crippen LogP contribution in [0.15, 0.2) is 54.5 Å². The molecule has 0 spiro atoms. The van der Waals surface area contributed by atoms with E-state index in [1.807, 2.05) is 23.1 Å². The Morgan fingerprint density at radius 2 is 1.97 bits per heavy atom. The van der Waals surface area contributed by atoms with E-state index in [4.69, 9.17) is 0 Å². The van der Waals surface area contributed by atoms with Crippen molar-refractivity contribution < 1.29 is 4.79 Å². The maximum Gasteiger partial charge on any atom is 0.263 e. The molecule has 0 unspecified atom stereocenters. The third-order valence-corrected chi connectivity index (χ3v) is 5.08. The molecule has 29 heavy (non-hydrogen) atoms. The van der Waals surface area contributed by atoms with E-state index in [1.165, 1.54) is 16.8 Å². The highest BCUT2D eigenvalue weighted by atomic mass is 35.5. The number of nitrogens with one attached hydrogen (secondary N) is 1. The van der Waals surface area contributed by atoms with Crippen molar-refractivity contribution in [3.05, 3.63) is 71.2 Å². The number of halogens is 1. The van der Waals surface area contributed by atoms with Crippen LogP contribution in [0.4, 0.5) is 5.69 Å². The van der Waals surface area contributed by atoms with Crippen LogP contribution in [0.25, 0.3) is 0 Å². The molecule has 0 atom stereocenters. The van der Waals surface area contributed by atoms with Gasteiger partial charge in [0.15, 0.2) is 0 Å². The highest BCUT2D eigenvalue weighted by Crippen LogP contribution is 2.24. The Labute approximate surface area is 178 Å². The van der Waals surface area contributed by atoms with Crippen molar-refractivity contribution in [1.29, 1.82) is 5.26 Å². The van der Waals surface area contributed by atoms with Crippen molar-refractivity contribution in [1.82, 2.24) is 15.2 Å². The summed E-state index contributed by atoms with van der Waals surface area (Å²) in [4.78, 5) is 20.8. The summed E-state index contributed by atoms with van der Waals surface area (Å²) in [7, 11) is 0. The molecular formula is C22H26ClN5O. The van der Waals surface area contributed by atoms with Crippen molar-refractivity contribution in [3.63, 3.8) is 0 Å². The second-order valence-corrected chi connectivity index (χ2v) is 6.94. The fraction of sp³-hybridized carbons (Fsp3) is 0.318. The van der Waals surface area contributed by atoms with E-state index < -0.39 is 0 Å². The highest BCUT2D eigenvalue weighted by molar-refractivity contribution is 5.97. The lowest BCUT2D eigenvalue weighted by molar-refractivity contribution is -0.117. The van der Waals surface area contributed by atoms with Crippen LogP contribution >= 0.6 is 12.4 Å². The Morgan fingerprint density at radius 1 is 1.21 bits per heavy atom. The predicted octanol–water partition coefficient (Wildman–Crippen LogP) is 2.97. The number of nitrogens with zero attached hydrogens (tertiary/aromatic N) is 4. The zero-order valence-corrected chi connectivity index (χ0v) is 17.6. The van der Waals surface area contributed by atoms with E-state index >= 15 is 0 Å². The molecule has 7 heteroatoms. The predicted molar refractivity (Wildman–Crippen MR) is 117 cm³/mol. The van der Waals surface area contributed by atoms with Gasteiger partial charge in [0.2, 0.25) is 0 Å². The number of piperazine rings is 1. The molecule has 0 aliphatic carbocycles. The highest BCUT2D eigenvalue weighted by Gasteiger charge is 2.19. The van der Waals surface area contributed by atoms with Crippen LogP contribution in [-0.2, 0) is 11.3 Å². The second-order valence-electron chi connectivity index (χ2n) is 6.94. The molecule has 1 amide bonds. The summed E-state index contributed by atoms with van der Waals surface area (Å²) in [5, 5.41) is 12.2. The molecule has 152 valence electrons. The van der Waals surface area contributed by atoms with Crippen molar-refractivity contribution in [2.24, 2.45) is 0 Å². The molecule has 1 fully saturated rings. The maximum absolute atomic E-state index is 12.3. The first kappa shape index (κ1) is 22.3. The number of benzene rings is 1. The number of hydrogen-bond donors (Lipinski definition) is 1. The Bertz CT molecular complexity index is 899. The van der Waals surface area contributed by atoms with Crippen LogP contribution in [-0.4, -0.2) is 42.0 Å². The summed E-state index contributed by atoms with van der Waals surface area (Å²) in [6.45, 7) is 7.89. The number of carbonyl (C=O) groups excluding carboxylic acids is 1. The Morgan fingerprint density at radius 3 is 2.62 bits per heavy atom. The molecule has 0 bridgehead atoms. The van der Waals surface area contributed by atoms with Crippen LogP contribution in [0.5, 0.6) is 0 Å². The number of aromatic nitrogens is 1. The molecule has 1 N–H and O–H groups in total. The van der Waals surface area contributed by atoms with Crippen molar-refractivity contribution >= 4 is 24.0 Å². The van der Waals surface area contributed by atoms with Crippen LogP contribution in [0.3, 0.4) is 0 Å². The monoisotopic (exact) mass is 411 g/mol. The summed E-state index contributed by atoms with van der Waals surface area (Å²) >= 11 is 0. The number of aryl methyl sites for hydroxylation is 1. The summed E-state index contributed by atoms with van der Waals surface area (Å²) in [5.74, 6) is -0.358.